The summed E-state index contributed by atoms with van der Waals surface area (Å²) in [5, 5.41) is 5.52. The van der Waals surface area contributed by atoms with Gasteiger partial charge in [-0.05, 0) is 46.3 Å². The predicted octanol–water partition coefficient (Wildman–Crippen LogP) is 4.16. The van der Waals surface area contributed by atoms with E-state index in [2.05, 4.69) is 42.5 Å². The van der Waals surface area contributed by atoms with Crippen molar-refractivity contribution in [1.82, 2.24) is 0 Å². The van der Waals surface area contributed by atoms with Crippen LogP contribution >= 0.6 is 31.9 Å². The highest BCUT2D eigenvalue weighted by molar-refractivity contribution is 9.10. The number of para-hydroxylation sites is 1. The van der Waals surface area contributed by atoms with Crippen molar-refractivity contribution in [1.29, 1.82) is 0 Å². The lowest BCUT2D eigenvalue weighted by Crippen LogP contribution is -2.28. The van der Waals surface area contributed by atoms with Gasteiger partial charge in [0.15, 0.2) is 0 Å². The van der Waals surface area contributed by atoms with Crippen LogP contribution in [0.25, 0.3) is 0 Å². The predicted molar refractivity (Wildman–Crippen MR) is 112 cm³/mol. The number of nitrogens with one attached hydrogen (secondary N) is 2. The van der Waals surface area contributed by atoms with E-state index < -0.39 is 5.92 Å². The molecule has 27 heavy (non-hydrogen) atoms. The minimum Gasteiger partial charge on any atom is -0.325 e. The quantitative estimate of drug-likeness (QED) is 0.669. The van der Waals surface area contributed by atoms with Gasteiger partial charge in [0, 0.05) is 28.8 Å². The third-order valence-corrected chi connectivity index (χ3v) is 5.35. The molecule has 1 fully saturated rings. The average molecular weight is 495 g/mol. The molecule has 2 aromatic rings. The Bertz CT molecular complexity index is 917. The summed E-state index contributed by atoms with van der Waals surface area (Å²) in [6.07, 6.45) is 0.136. The topological polar surface area (TPSA) is 78.5 Å². The van der Waals surface area contributed by atoms with Crippen LogP contribution in [0.5, 0.6) is 0 Å². The molecular weight excluding hydrogens is 478 g/mol. The standard InChI is InChI=1S/C19H17Br2N3O3/c1-11(25)22-15-7-6-13(20)9-16(15)23-19(27)12-8-18(26)24(10-12)17-5-3-2-4-14(17)21/h2-7,9,12H,8,10H2,1H3,(H,22,25)(H,23,27)/t12-/m1/s1. The summed E-state index contributed by atoms with van der Waals surface area (Å²) in [6, 6.07) is 12.6. The molecule has 0 saturated carbocycles. The molecule has 6 nitrogen and oxygen atoms in total. The molecule has 140 valence electrons. The van der Waals surface area contributed by atoms with Gasteiger partial charge in [0.05, 0.1) is 23.0 Å². The van der Waals surface area contributed by atoms with Crippen molar-refractivity contribution in [2.24, 2.45) is 5.92 Å². The van der Waals surface area contributed by atoms with Gasteiger partial charge in [-0.15, -0.1) is 0 Å². The van der Waals surface area contributed by atoms with Gasteiger partial charge in [-0.1, -0.05) is 28.1 Å². The van der Waals surface area contributed by atoms with Gasteiger partial charge in [-0.25, -0.2) is 0 Å². The lowest BCUT2D eigenvalue weighted by Gasteiger charge is -2.18. The number of anilines is 3. The van der Waals surface area contributed by atoms with Crippen LogP contribution in [-0.2, 0) is 14.4 Å². The van der Waals surface area contributed by atoms with Gasteiger partial charge < -0.3 is 15.5 Å². The zero-order valence-corrected chi connectivity index (χ0v) is 17.6. The zero-order valence-electron chi connectivity index (χ0n) is 14.5. The molecule has 2 aromatic carbocycles. The molecule has 1 atom stereocenters. The molecule has 0 aromatic heterocycles. The van der Waals surface area contributed by atoms with Crippen molar-refractivity contribution in [3.8, 4) is 0 Å². The maximum Gasteiger partial charge on any atom is 0.229 e. The number of nitrogens with zero attached hydrogens (tertiary/aromatic N) is 1. The van der Waals surface area contributed by atoms with E-state index in [-0.39, 0.29) is 24.1 Å². The molecule has 2 N–H and O–H groups in total. The number of hydrogen-bond acceptors (Lipinski definition) is 3. The Morgan fingerprint density at radius 1 is 1.07 bits per heavy atom. The Kier molecular flexibility index (Phi) is 5.96. The molecular formula is C19H17Br2N3O3. The fourth-order valence-electron chi connectivity index (χ4n) is 2.94. The maximum atomic E-state index is 12.7. The van der Waals surface area contributed by atoms with E-state index in [9.17, 15) is 14.4 Å². The molecule has 0 bridgehead atoms. The molecule has 1 heterocycles. The minimum atomic E-state index is -0.478. The van der Waals surface area contributed by atoms with E-state index in [0.717, 1.165) is 14.6 Å². The van der Waals surface area contributed by atoms with Crippen LogP contribution in [0.4, 0.5) is 17.1 Å². The molecule has 0 radical (unpaired) electrons. The summed E-state index contributed by atoms with van der Waals surface area (Å²) in [6.45, 7) is 1.70. The summed E-state index contributed by atoms with van der Waals surface area (Å²) in [5.41, 5.74) is 1.74. The maximum absolute atomic E-state index is 12.7. The Morgan fingerprint density at radius 3 is 2.52 bits per heavy atom. The van der Waals surface area contributed by atoms with Gasteiger partial charge in [-0.3, -0.25) is 14.4 Å². The largest absolute Gasteiger partial charge is 0.325 e. The Labute approximate surface area is 173 Å². The van der Waals surface area contributed by atoms with Crippen LogP contribution in [0.1, 0.15) is 13.3 Å². The highest BCUT2D eigenvalue weighted by Crippen LogP contribution is 2.32. The van der Waals surface area contributed by atoms with Crippen LogP contribution < -0.4 is 15.5 Å². The number of amides is 3. The van der Waals surface area contributed by atoms with Gasteiger partial charge >= 0.3 is 0 Å². The first-order chi connectivity index (χ1) is 12.8. The third-order valence-electron chi connectivity index (χ3n) is 4.19. The average Bonchev–Trinajstić information content (AvgIpc) is 2.99. The normalized spacial score (nSPS) is 16.3. The van der Waals surface area contributed by atoms with E-state index in [0.29, 0.717) is 17.9 Å². The van der Waals surface area contributed by atoms with Crippen LogP contribution in [0, 0.1) is 5.92 Å². The Balaban J connectivity index is 1.76. The van der Waals surface area contributed by atoms with Crippen molar-refractivity contribution in [2.75, 3.05) is 22.1 Å². The van der Waals surface area contributed by atoms with Crippen LogP contribution in [0.15, 0.2) is 51.4 Å². The Morgan fingerprint density at radius 2 is 1.81 bits per heavy atom. The number of carbonyl (C=O) groups is 3. The van der Waals surface area contributed by atoms with E-state index in [1.807, 2.05) is 24.3 Å². The second-order valence-corrected chi connectivity index (χ2v) is 7.99. The summed E-state index contributed by atoms with van der Waals surface area (Å²) >= 11 is 6.81. The first kappa shape index (κ1) is 19.6. The molecule has 1 saturated heterocycles. The van der Waals surface area contributed by atoms with Gasteiger partial charge in [0.25, 0.3) is 0 Å². The second kappa shape index (κ2) is 8.22. The summed E-state index contributed by atoms with van der Waals surface area (Å²) in [5.74, 6) is -1.07. The molecule has 3 amide bonds. The summed E-state index contributed by atoms with van der Waals surface area (Å²) in [4.78, 5) is 38.2. The van der Waals surface area contributed by atoms with Crippen molar-refractivity contribution < 1.29 is 14.4 Å². The first-order valence-electron chi connectivity index (χ1n) is 8.28. The van der Waals surface area contributed by atoms with E-state index >= 15 is 0 Å². The number of rotatable bonds is 4. The fourth-order valence-corrected chi connectivity index (χ4v) is 3.80. The van der Waals surface area contributed by atoms with Crippen LogP contribution in [-0.4, -0.2) is 24.3 Å². The highest BCUT2D eigenvalue weighted by atomic mass is 79.9. The summed E-state index contributed by atoms with van der Waals surface area (Å²) < 4.78 is 1.57. The van der Waals surface area contributed by atoms with Crippen LogP contribution in [0.2, 0.25) is 0 Å². The molecule has 3 rings (SSSR count). The highest BCUT2D eigenvalue weighted by Gasteiger charge is 2.36. The van der Waals surface area contributed by atoms with E-state index in [1.54, 1.807) is 23.1 Å². The van der Waals surface area contributed by atoms with Gasteiger partial charge in [0.1, 0.15) is 0 Å². The smallest absolute Gasteiger partial charge is 0.229 e. The molecule has 0 unspecified atom stereocenters. The molecule has 8 heteroatoms. The number of carbonyl (C=O) groups excluding carboxylic acids is 3. The summed E-state index contributed by atoms with van der Waals surface area (Å²) in [7, 11) is 0. The molecule has 1 aliphatic rings. The van der Waals surface area contributed by atoms with E-state index in [1.165, 1.54) is 6.92 Å². The lowest BCUT2D eigenvalue weighted by atomic mass is 10.1. The van der Waals surface area contributed by atoms with Crippen molar-refractivity contribution in [3.63, 3.8) is 0 Å². The SMILES string of the molecule is CC(=O)Nc1ccc(Br)cc1NC(=O)[C@@H]1CC(=O)N(c2ccccc2Br)C1. The number of benzene rings is 2. The second-order valence-electron chi connectivity index (χ2n) is 6.22. The zero-order chi connectivity index (χ0) is 19.6. The van der Waals surface area contributed by atoms with Crippen molar-refractivity contribution in [3.05, 3.63) is 51.4 Å². The number of hydrogen-bond donors (Lipinski definition) is 2. The molecule has 1 aliphatic heterocycles. The van der Waals surface area contributed by atoms with Gasteiger partial charge in [0.2, 0.25) is 17.7 Å². The number of halogens is 2. The first-order valence-corrected chi connectivity index (χ1v) is 9.86. The molecule has 0 aliphatic carbocycles. The lowest BCUT2D eigenvalue weighted by molar-refractivity contribution is -0.122. The monoisotopic (exact) mass is 493 g/mol. The minimum absolute atomic E-state index is 0.0987. The third kappa shape index (κ3) is 4.56. The van der Waals surface area contributed by atoms with Crippen LogP contribution in [0.3, 0.4) is 0 Å². The van der Waals surface area contributed by atoms with Crippen molar-refractivity contribution in [2.45, 2.75) is 13.3 Å². The van der Waals surface area contributed by atoms with E-state index in [4.69, 9.17) is 0 Å². The fraction of sp³-hybridized carbons (Fsp3) is 0.211. The Hall–Kier alpha value is -2.19. The van der Waals surface area contributed by atoms with Crippen molar-refractivity contribution >= 4 is 66.6 Å². The van der Waals surface area contributed by atoms with Gasteiger partial charge in [-0.2, -0.15) is 0 Å². The molecule has 0 spiro atoms.